The van der Waals surface area contributed by atoms with Gasteiger partial charge in [0.2, 0.25) is 0 Å². The zero-order valence-corrected chi connectivity index (χ0v) is 15.8. The van der Waals surface area contributed by atoms with Crippen LogP contribution in [0.5, 0.6) is 5.75 Å². The lowest BCUT2D eigenvalue weighted by molar-refractivity contribution is -0.122. The molecule has 0 spiro atoms. The molecule has 5 nitrogen and oxygen atoms in total. The van der Waals surface area contributed by atoms with Gasteiger partial charge < -0.3 is 4.74 Å². The van der Waals surface area contributed by atoms with Crippen molar-refractivity contribution >= 4 is 51.7 Å². The average Bonchev–Trinajstić information content (AvgIpc) is 2.71. The van der Waals surface area contributed by atoms with Crippen molar-refractivity contribution in [2.45, 2.75) is 0 Å². The van der Waals surface area contributed by atoms with Crippen molar-refractivity contribution in [1.82, 2.24) is 5.32 Å². The Morgan fingerprint density at radius 1 is 1.00 bits per heavy atom. The Morgan fingerprint density at radius 3 is 2.57 bits per heavy atom. The minimum Gasteiger partial charge on any atom is -0.497 e. The zero-order chi connectivity index (χ0) is 19.7. The van der Waals surface area contributed by atoms with Crippen molar-refractivity contribution in [3.05, 3.63) is 77.9 Å². The van der Waals surface area contributed by atoms with Crippen LogP contribution in [0.15, 0.2) is 72.3 Å². The predicted octanol–water partition coefficient (Wildman–Crippen LogP) is 3.68. The first-order valence-electron chi connectivity index (χ1n) is 8.62. The van der Waals surface area contributed by atoms with Crippen LogP contribution in [-0.4, -0.2) is 24.0 Å². The number of nitrogens with one attached hydrogen (secondary N) is 1. The van der Waals surface area contributed by atoms with Gasteiger partial charge in [0.25, 0.3) is 11.8 Å². The molecule has 1 N–H and O–H groups in total. The molecule has 0 unspecified atom stereocenters. The van der Waals surface area contributed by atoms with Crippen LogP contribution >= 0.6 is 12.2 Å². The second-order valence-corrected chi connectivity index (χ2v) is 6.62. The lowest BCUT2D eigenvalue weighted by Crippen LogP contribution is -2.54. The van der Waals surface area contributed by atoms with Gasteiger partial charge in [-0.2, -0.15) is 0 Å². The highest BCUT2D eigenvalue weighted by molar-refractivity contribution is 7.80. The van der Waals surface area contributed by atoms with E-state index in [0.717, 1.165) is 10.8 Å². The van der Waals surface area contributed by atoms with Crippen LogP contribution in [0, 0.1) is 0 Å². The van der Waals surface area contributed by atoms with Gasteiger partial charge in [-0.05, 0) is 47.4 Å². The monoisotopic (exact) mass is 388 g/mol. The number of hydrogen-bond donors (Lipinski definition) is 1. The summed E-state index contributed by atoms with van der Waals surface area (Å²) in [5.74, 6) is -0.346. The molecule has 0 radical (unpaired) electrons. The maximum atomic E-state index is 13.2. The fraction of sp³-hybridized carbons (Fsp3) is 0.0455. The second-order valence-electron chi connectivity index (χ2n) is 6.23. The number of nitrogens with zero attached hydrogens (tertiary/aromatic N) is 1. The van der Waals surface area contributed by atoms with Gasteiger partial charge in [0, 0.05) is 5.39 Å². The summed E-state index contributed by atoms with van der Waals surface area (Å²) >= 11 is 5.31. The van der Waals surface area contributed by atoms with Gasteiger partial charge in [0.05, 0.1) is 12.8 Å². The second kappa shape index (κ2) is 7.25. The van der Waals surface area contributed by atoms with E-state index in [0.29, 0.717) is 17.0 Å². The first-order chi connectivity index (χ1) is 13.6. The Hall–Kier alpha value is -3.51. The largest absolute Gasteiger partial charge is 0.497 e. The van der Waals surface area contributed by atoms with E-state index in [4.69, 9.17) is 17.0 Å². The molecule has 1 aliphatic heterocycles. The molecular formula is C22H16N2O3S. The highest BCUT2D eigenvalue weighted by Gasteiger charge is 2.35. The summed E-state index contributed by atoms with van der Waals surface area (Å²) in [4.78, 5) is 27.1. The van der Waals surface area contributed by atoms with E-state index >= 15 is 0 Å². The SMILES string of the molecule is COc1cccc(C=C2C(=O)NC(=S)N(c3cccc4ccccc34)C2=O)c1. The van der Waals surface area contributed by atoms with Crippen LogP contribution in [0.3, 0.4) is 0 Å². The first kappa shape index (κ1) is 17.9. The molecule has 0 bridgehead atoms. The highest BCUT2D eigenvalue weighted by atomic mass is 32.1. The van der Waals surface area contributed by atoms with Gasteiger partial charge in [0.1, 0.15) is 11.3 Å². The number of fused-ring (bicyclic) bond motifs is 1. The van der Waals surface area contributed by atoms with Gasteiger partial charge in [-0.25, -0.2) is 0 Å². The van der Waals surface area contributed by atoms with Crippen molar-refractivity contribution in [3.8, 4) is 5.75 Å². The van der Waals surface area contributed by atoms with Crippen molar-refractivity contribution < 1.29 is 14.3 Å². The molecule has 0 aromatic heterocycles. The number of hydrogen-bond acceptors (Lipinski definition) is 4. The maximum absolute atomic E-state index is 13.2. The maximum Gasteiger partial charge on any atom is 0.270 e. The lowest BCUT2D eigenvalue weighted by Gasteiger charge is -2.29. The van der Waals surface area contributed by atoms with Crippen LogP contribution in [0.25, 0.3) is 16.8 Å². The Balaban J connectivity index is 1.81. The summed E-state index contributed by atoms with van der Waals surface area (Å²) in [7, 11) is 1.56. The number of thiocarbonyl (C=S) groups is 1. The van der Waals surface area contributed by atoms with Crippen LogP contribution in [-0.2, 0) is 9.59 Å². The number of benzene rings is 3. The highest BCUT2D eigenvalue weighted by Crippen LogP contribution is 2.30. The molecule has 0 saturated carbocycles. The molecule has 1 heterocycles. The molecule has 3 aromatic rings. The summed E-state index contributed by atoms with van der Waals surface area (Å²) in [5.41, 5.74) is 1.32. The van der Waals surface area contributed by atoms with Crippen molar-refractivity contribution in [2.75, 3.05) is 12.0 Å². The molecular weight excluding hydrogens is 372 g/mol. The number of rotatable bonds is 3. The van der Waals surface area contributed by atoms with Gasteiger partial charge in [-0.3, -0.25) is 19.8 Å². The van der Waals surface area contributed by atoms with Gasteiger partial charge in [-0.1, -0.05) is 48.5 Å². The molecule has 3 aromatic carbocycles. The van der Waals surface area contributed by atoms with E-state index in [1.54, 1.807) is 37.5 Å². The third-order valence-corrected chi connectivity index (χ3v) is 4.80. The summed E-state index contributed by atoms with van der Waals surface area (Å²) in [6.07, 6.45) is 1.54. The van der Waals surface area contributed by atoms with E-state index in [-0.39, 0.29) is 10.7 Å². The Kier molecular flexibility index (Phi) is 4.63. The molecule has 6 heteroatoms. The fourth-order valence-electron chi connectivity index (χ4n) is 3.18. The molecule has 0 atom stereocenters. The summed E-state index contributed by atoms with van der Waals surface area (Å²) in [6, 6.07) is 20.5. The number of carbonyl (C=O) groups is 2. The van der Waals surface area contributed by atoms with Crippen molar-refractivity contribution in [3.63, 3.8) is 0 Å². The Bertz CT molecular complexity index is 1150. The Labute approximate surface area is 167 Å². The average molecular weight is 388 g/mol. The van der Waals surface area contributed by atoms with Gasteiger partial charge in [0.15, 0.2) is 5.11 Å². The number of anilines is 1. The van der Waals surface area contributed by atoms with Crippen LogP contribution < -0.4 is 15.0 Å². The minimum absolute atomic E-state index is 0.00906. The van der Waals surface area contributed by atoms with E-state index < -0.39 is 11.8 Å². The van der Waals surface area contributed by atoms with E-state index in [2.05, 4.69) is 5.32 Å². The number of amides is 2. The zero-order valence-electron chi connectivity index (χ0n) is 15.0. The number of methoxy groups -OCH3 is 1. The smallest absolute Gasteiger partial charge is 0.270 e. The minimum atomic E-state index is -0.519. The third-order valence-electron chi connectivity index (χ3n) is 4.51. The van der Waals surface area contributed by atoms with Crippen LogP contribution in [0.2, 0.25) is 0 Å². The van der Waals surface area contributed by atoms with Gasteiger partial charge >= 0.3 is 0 Å². The molecule has 0 aliphatic carbocycles. The summed E-state index contributed by atoms with van der Waals surface area (Å²) < 4.78 is 5.21. The van der Waals surface area contributed by atoms with Gasteiger partial charge in [-0.15, -0.1) is 0 Å². The number of ether oxygens (including phenoxy) is 1. The molecule has 1 fully saturated rings. The molecule has 138 valence electrons. The molecule has 2 amide bonds. The third kappa shape index (κ3) is 3.14. The lowest BCUT2D eigenvalue weighted by atomic mass is 10.0. The van der Waals surface area contributed by atoms with E-state index in [1.165, 1.54) is 4.90 Å². The first-order valence-corrected chi connectivity index (χ1v) is 9.02. The molecule has 1 aliphatic rings. The molecule has 1 saturated heterocycles. The van der Waals surface area contributed by atoms with Crippen molar-refractivity contribution in [2.24, 2.45) is 0 Å². The topological polar surface area (TPSA) is 58.6 Å². The van der Waals surface area contributed by atoms with E-state index in [9.17, 15) is 9.59 Å². The van der Waals surface area contributed by atoms with Crippen molar-refractivity contribution in [1.29, 1.82) is 0 Å². The standard InChI is InChI=1S/C22H16N2O3S/c1-27-16-9-4-6-14(12-16)13-18-20(25)23-22(28)24(21(18)26)19-11-5-8-15-7-2-3-10-17(15)19/h2-13H,1H3,(H,23,25,28). The number of carbonyl (C=O) groups excluding carboxylic acids is 2. The summed E-state index contributed by atoms with van der Waals surface area (Å²) in [6.45, 7) is 0. The quantitative estimate of drug-likeness (QED) is 0.422. The Morgan fingerprint density at radius 2 is 1.75 bits per heavy atom. The fourth-order valence-corrected chi connectivity index (χ4v) is 3.45. The van der Waals surface area contributed by atoms with Crippen LogP contribution in [0.4, 0.5) is 5.69 Å². The van der Waals surface area contributed by atoms with E-state index in [1.807, 2.05) is 42.5 Å². The molecule has 4 rings (SSSR count). The van der Waals surface area contributed by atoms with Crippen LogP contribution in [0.1, 0.15) is 5.56 Å². The summed E-state index contributed by atoms with van der Waals surface area (Å²) in [5, 5.41) is 4.53. The predicted molar refractivity (Wildman–Crippen MR) is 113 cm³/mol. The molecule has 28 heavy (non-hydrogen) atoms. The normalized spacial score (nSPS) is 15.8.